The van der Waals surface area contributed by atoms with Crippen LogP contribution in [0.3, 0.4) is 0 Å². The van der Waals surface area contributed by atoms with E-state index in [1.165, 1.54) is 25.7 Å². The summed E-state index contributed by atoms with van der Waals surface area (Å²) in [5, 5.41) is 0. The Balaban J connectivity index is 2.49. The highest BCUT2D eigenvalue weighted by atomic mass is 16.5. The molecule has 0 radical (unpaired) electrons. The Morgan fingerprint density at radius 3 is 2.63 bits per heavy atom. The summed E-state index contributed by atoms with van der Waals surface area (Å²) in [5.41, 5.74) is 6.35. The molecule has 0 aromatic carbocycles. The summed E-state index contributed by atoms with van der Waals surface area (Å²) < 4.78 is 5.24. The normalized spacial score (nSPS) is 28.3. The molecule has 3 heteroatoms. The average Bonchev–Trinajstić information content (AvgIpc) is 2.37. The lowest BCUT2D eigenvalue weighted by atomic mass is 9.77. The third kappa shape index (κ3) is 6.24. The van der Waals surface area contributed by atoms with E-state index < -0.39 is 0 Å². The topological polar surface area (TPSA) is 38.5 Å². The van der Waals surface area contributed by atoms with Crippen LogP contribution in [0.4, 0.5) is 0 Å². The van der Waals surface area contributed by atoms with E-state index in [1.807, 2.05) is 0 Å². The van der Waals surface area contributed by atoms with Gasteiger partial charge in [0.15, 0.2) is 0 Å². The smallest absolute Gasteiger partial charge is 0.0589 e. The molecule has 0 aromatic rings. The van der Waals surface area contributed by atoms with Crippen molar-refractivity contribution >= 4 is 0 Å². The molecule has 0 saturated heterocycles. The first-order chi connectivity index (χ1) is 9.06. The van der Waals surface area contributed by atoms with Crippen LogP contribution < -0.4 is 5.73 Å². The maximum atomic E-state index is 6.35. The quantitative estimate of drug-likeness (QED) is 0.737. The Labute approximate surface area is 119 Å². The summed E-state index contributed by atoms with van der Waals surface area (Å²) in [4.78, 5) is 2.55. The van der Waals surface area contributed by atoms with Crippen LogP contribution in [-0.4, -0.2) is 44.3 Å². The highest BCUT2D eigenvalue weighted by Crippen LogP contribution is 2.31. The lowest BCUT2D eigenvalue weighted by molar-refractivity contribution is 0.106. The zero-order valence-electron chi connectivity index (χ0n) is 13.4. The molecular formula is C16H34N2O. The largest absolute Gasteiger partial charge is 0.383 e. The number of hydrogen-bond acceptors (Lipinski definition) is 3. The van der Waals surface area contributed by atoms with E-state index in [1.54, 1.807) is 7.11 Å². The van der Waals surface area contributed by atoms with Crippen LogP contribution in [0.5, 0.6) is 0 Å². The van der Waals surface area contributed by atoms with Crippen molar-refractivity contribution in [3.05, 3.63) is 0 Å². The molecule has 1 fully saturated rings. The van der Waals surface area contributed by atoms with Gasteiger partial charge < -0.3 is 15.4 Å². The number of methoxy groups -OCH3 is 1. The summed E-state index contributed by atoms with van der Waals surface area (Å²) in [5.74, 6) is 2.28. The van der Waals surface area contributed by atoms with Gasteiger partial charge in [-0.15, -0.1) is 0 Å². The van der Waals surface area contributed by atoms with Crippen LogP contribution in [0.1, 0.15) is 46.5 Å². The first-order valence-corrected chi connectivity index (χ1v) is 8.03. The van der Waals surface area contributed by atoms with Gasteiger partial charge >= 0.3 is 0 Å². The Morgan fingerprint density at radius 1 is 1.32 bits per heavy atom. The van der Waals surface area contributed by atoms with Crippen molar-refractivity contribution in [3.63, 3.8) is 0 Å². The molecule has 114 valence electrons. The molecule has 3 nitrogen and oxygen atoms in total. The highest BCUT2D eigenvalue weighted by molar-refractivity contribution is 4.84. The summed E-state index contributed by atoms with van der Waals surface area (Å²) in [6, 6.07) is 0.403. The predicted molar refractivity (Wildman–Crippen MR) is 82.3 cm³/mol. The lowest BCUT2D eigenvalue weighted by Gasteiger charge is -2.37. The van der Waals surface area contributed by atoms with Gasteiger partial charge in [0.2, 0.25) is 0 Å². The zero-order valence-corrected chi connectivity index (χ0v) is 13.4. The zero-order chi connectivity index (χ0) is 14.3. The average molecular weight is 270 g/mol. The second-order valence-electron chi connectivity index (χ2n) is 6.66. The van der Waals surface area contributed by atoms with Crippen LogP contribution in [0.15, 0.2) is 0 Å². The number of nitrogens with zero attached hydrogens (tertiary/aromatic N) is 1. The second kappa shape index (κ2) is 8.93. The fourth-order valence-electron chi connectivity index (χ4n) is 3.29. The fraction of sp³-hybridized carbons (Fsp3) is 1.00. The van der Waals surface area contributed by atoms with Gasteiger partial charge in [-0.05, 0) is 37.0 Å². The van der Waals surface area contributed by atoms with Crippen molar-refractivity contribution in [3.8, 4) is 0 Å². The summed E-state index contributed by atoms with van der Waals surface area (Å²) in [6.07, 6.45) is 5.17. The molecule has 0 heterocycles. The van der Waals surface area contributed by atoms with E-state index in [0.717, 1.165) is 32.2 Å². The molecule has 19 heavy (non-hydrogen) atoms. The summed E-state index contributed by atoms with van der Waals surface area (Å²) in [6.45, 7) is 11.1. The van der Waals surface area contributed by atoms with Crippen molar-refractivity contribution in [1.82, 2.24) is 4.90 Å². The monoisotopic (exact) mass is 270 g/mol. The maximum absolute atomic E-state index is 6.35. The molecule has 0 amide bonds. The number of nitrogens with two attached hydrogens (primary N) is 1. The molecule has 0 aliphatic heterocycles. The van der Waals surface area contributed by atoms with Gasteiger partial charge in [-0.3, -0.25) is 0 Å². The highest BCUT2D eigenvalue weighted by Gasteiger charge is 2.28. The standard InChI is InChI=1S/C16H34N2O/c1-5-14-6-7-16(17)15(10-14)12-18(8-9-19-4)11-13(2)3/h13-16H,5-12,17H2,1-4H3. The second-order valence-corrected chi connectivity index (χ2v) is 6.66. The van der Waals surface area contributed by atoms with E-state index in [0.29, 0.717) is 17.9 Å². The van der Waals surface area contributed by atoms with E-state index in [4.69, 9.17) is 10.5 Å². The van der Waals surface area contributed by atoms with Crippen molar-refractivity contribution in [2.75, 3.05) is 33.4 Å². The minimum Gasteiger partial charge on any atom is -0.383 e. The molecule has 1 saturated carbocycles. The Hall–Kier alpha value is -0.120. The number of hydrogen-bond donors (Lipinski definition) is 1. The SMILES string of the molecule is CCC1CCC(N)C(CN(CCOC)CC(C)C)C1. The first-order valence-electron chi connectivity index (χ1n) is 8.03. The van der Waals surface area contributed by atoms with Gasteiger partial charge in [-0.25, -0.2) is 0 Å². The first kappa shape index (κ1) is 16.9. The van der Waals surface area contributed by atoms with Crippen molar-refractivity contribution in [1.29, 1.82) is 0 Å². The minimum absolute atomic E-state index is 0.403. The van der Waals surface area contributed by atoms with Crippen LogP contribution in [0.25, 0.3) is 0 Å². The van der Waals surface area contributed by atoms with E-state index in [-0.39, 0.29) is 0 Å². The Kier molecular flexibility index (Phi) is 7.96. The molecule has 1 aliphatic rings. The van der Waals surface area contributed by atoms with E-state index in [2.05, 4.69) is 25.7 Å². The lowest BCUT2D eigenvalue weighted by Crippen LogP contribution is -2.44. The van der Waals surface area contributed by atoms with Crippen LogP contribution >= 0.6 is 0 Å². The van der Waals surface area contributed by atoms with E-state index >= 15 is 0 Å². The molecule has 0 aromatic heterocycles. The summed E-state index contributed by atoms with van der Waals surface area (Å²) >= 11 is 0. The van der Waals surface area contributed by atoms with Gasteiger partial charge in [0, 0.05) is 32.8 Å². The van der Waals surface area contributed by atoms with E-state index in [9.17, 15) is 0 Å². The van der Waals surface area contributed by atoms with Gasteiger partial charge in [0.05, 0.1) is 6.61 Å². The predicted octanol–water partition coefficient (Wildman–Crippen LogP) is 2.74. The Morgan fingerprint density at radius 2 is 2.05 bits per heavy atom. The minimum atomic E-state index is 0.403. The number of rotatable bonds is 8. The van der Waals surface area contributed by atoms with Crippen LogP contribution in [0, 0.1) is 17.8 Å². The van der Waals surface area contributed by atoms with Gasteiger partial charge in [-0.2, -0.15) is 0 Å². The van der Waals surface area contributed by atoms with Crippen LogP contribution in [0.2, 0.25) is 0 Å². The molecule has 3 atom stereocenters. The van der Waals surface area contributed by atoms with Crippen molar-refractivity contribution in [2.24, 2.45) is 23.5 Å². The third-order valence-corrected chi connectivity index (χ3v) is 4.45. The molecule has 2 N–H and O–H groups in total. The molecule has 0 bridgehead atoms. The molecule has 3 unspecified atom stereocenters. The fourth-order valence-corrected chi connectivity index (χ4v) is 3.29. The maximum Gasteiger partial charge on any atom is 0.0589 e. The third-order valence-electron chi connectivity index (χ3n) is 4.45. The summed E-state index contributed by atoms with van der Waals surface area (Å²) in [7, 11) is 1.78. The van der Waals surface area contributed by atoms with Gasteiger partial charge in [-0.1, -0.05) is 27.2 Å². The Bertz CT molecular complexity index is 233. The van der Waals surface area contributed by atoms with Crippen molar-refractivity contribution < 1.29 is 4.74 Å². The van der Waals surface area contributed by atoms with Gasteiger partial charge in [0.25, 0.3) is 0 Å². The molecule has 1 aliphatic carbocycles. The van der Waals surface area contributed by atoms with Crippen molar-refractivity contribution in [2.45, 2.75) is 52.5 Å². The molecular weight excluding hydrogens is 236 g/mol. The van der Waals surface area contributed by atoms with Gasteiger partial charge in [0.1, 0.15) is 0 Å². The number of ether oxygens (including phenoxy) is 1. The molecule has 1 rings (SSSR count). The van der Waals surface area contributed by atoms with Crippen LogP contribution in [-0.2, 0) is 4.74 Å². The molecule has 0 spiro atoms.